The van der Waals surface area contributed by atoms with Crippen LogP contribution in [-0.2, 0) is 6.54 Å². The lowest BCUT2D eigenvalue weighted by Crippen LogP contribution is -2.36. The number of likely N-dealkylation sites (tertiary alicyclic amines) is 1. The molecule has 3 N–H and O–H groups in total. The maximum Gasteiger partial charge on any atom is 0.115 e. The third kappa shape index (κ3) is 4.76. The van der Waals surface area contributed by atoms with Gasteiger partial charge in [-0.1, -0.05) is 15.9 Å². The molecule has 1 atom stereocenters. The van der Waals surface area contributed by atoms with E-state index in [1.807, 2.05) is 6.07 Å². The molecule has 0 bridgehead atoms. The van der Waals surface area contributed by atoms with Crippen molar-refractivity contribution in [1.82, 2.24) is 10.2 Å². The summed E-state index contributed by atoms with van der Waals surface area (Å²) in [5.41, 5.74) is 0.994. The van der Waals surface area contributed by atoms with Crippen LogP contribution in [0.3, 0.4) is 0 Å². The van der Waals surface area contributed by atoms with Gasteiger partial charge in [-0.05, 0) is 49.7 Å². The highest BCUT2D eigenvalue weighted by atomic mass is 79.9. The third-order valence-electron chi connectivity index (χ3n) is 3.39. The van der Waals surface area contributed by atoms with E-state index >= 15 is 0 Å². The quantitative estimate of drug-likeness (QED) is 0.744. The van der Waals surface area contributed by atoms with Crippen LogP contribution in [0.5, 0.6) is 5.75 Å². The number of benzene rings is 1. The number of aliphatic hydroxyl groups is 1. The molecule has 1 unspecified atom stereocenters. The predicted molar refractivity (Wildman–Crippen MR) is 79.2 cm³/mol. The van der Waals surface area contributed by atoms with Crippen LogP contribution >= 0.6 is 15.9 Å². The standard InChI is InChI=1S/C14H21BrN2O2/c15-14-4-3-12(18)7-11(14)8-16-9-13(19)10-17-5-1-2-6-17/h3-4,7,13,16,18-19H,1-2,5-6,8-10H2. The summed E-state index contributed by atoms with van der Waals surface area (Å²) >= 11 is 3.45. The van der Waals surface area contributed by atoms with Crippen molar-refractivity contribution in [3.8, 4) is 5.75 Å². The number of halogens is 1. The van der Waals surface area contributed by atoms with E-state index in [1.54, 1.807) is 12.1 Å². The molecular formula is C14H21BrN2O2. The summed E-state index contributed by atoms with van der Waals surface area (Å²) in [7, 11) is 0. The van der Waals surface area contributed by atoms with E-state index < -0.39 is 0 Å². The number of hydrogen-bond acceptors (Lipinski definition) is 4. The molecule has 0 saturated carbocycles. The Balaban J connectivity index is 1.71. The zero-order chi connectivity index (χ0) is 13.7. The van der Waals surface area contributed by atoms with Crippen molar-refractivity contribution >= 4 is 15.9 Å². The Labute approximate surface area is 122 Å². The first kappa shape index (κ1) is 14.8. The van der Waals surface area contributed by atoms with Crippen LogP contribution in [0.2, 0.25) is 0 Å². The van der Waals surface area contributed by atoms with Gasteiger partial charge in [-0.25, -0.2) is 0 Å². The molecular weight excluding hydrogens is 308 g/mol. The normalized spacial score (nSPS) is 17.8. The molecule has 106 valence electrons. The molecule has 1 aliphatic heterocycles. The first-order chi connectivity index (χ1) is 9.15. The average molecular weight is 329 g/mol. The fraction of sp³-hybridized carbons (Fsp3) is 0.571. The van der Waals surface area contributed by atoms with Gasteiger partial charge in [-0.2, -0.15) is 0 Å². The molecule has 5 heteroatoms. The van der Waals surface area contributed by atoms with Gasteiger partial charge in [0.15, 0.2) is 0 Å². The smallest absolute Gasteiger partial charge is 0.115 e. The molecule has 0 spiro atoms. The van der Waals surface area contributed by atoms with E-state index in [2.05, 4.69) is 26.1 Å². The lowest BCUT2D eigenvalue weighted by atomic mass is 10.2. The highest BCUT2D eigenvalue weighted by molar-refractivity contribution is 9.10. The lowest BCUT2D eigenvalue weighted by molar-refractivity contribution is 0.123. The molecule has 1 heterocycles. The number of nitrogens with one attached hydrogen (secondary N) is 1. The van der Waals surface area contributed by atoms with Crippen LogP contribution in [-0.4, -0.2) is 47.4 Å². The molecule has 1 saturated heterocycles. The van der Waals surface area contributed by atoms with E-state index in [1.165, 1.54) is 12.8 Å². The van der Waals surface area contributed by atoms with E-state index in [0.717, 1.165) is 29.7 Å². The fourth-order valence-corrected chi connectivity index (χ4v) is 2.78. The Morgan fingerprint density at radius 2 is 2.05 bits per heavy atom. The Morgan fingerprint density at radius 1 is 1.32 bits per heavy atom. The second-order valence-corrected chi connectivity index (χ2v) is 5.92. The summed E-state index contributed by atoms with van der Waals surface area (Å²) in [6.07, 6.45) is 2.15. The number of phenolic OH excluding ortho intramolecular Hbond substituents is 1. The van der Waals surface area contributed by atoms with Crippen molar-refractivity contribution in [2.45, 2.75) is 25.5 Å². The Hall–Kier alpha value is -0.620. The molecule has 1 aromatic carbocycles. The van der Waals surface area contributed by atoms with Crippen molar-refractivity contribution in [1.29, 1.82) is 0 Å². The first-order valence-electron chi connectivity index (χ1n) is 6.73. The van der Waals surface area contributed by atoms with Gasteiger partial charge < -0.3 is 20.4 Å². The van der Waals surface area contributed by atoms with Crippen molar-refractivity contribution in [2.24, 2.45) is 0 Å². The summed E-state index contributed by atoms with van der Waals surface area (Å²) in [5.74, 6) is 0.262. The molecule has 0 amide bonds. The van der Waals surface area contributed by atoms with Gasteiger partial charge >= 0.3 is 0 Å². The predicted octanol–water partition coefficient (Wildman–Crippen LogP) is 1.70. The summed E-state index contributed by atoms with van der Waals surface area (Å²) in [6, 6.07) is 5.20. The number of β-amino-alcohol motifs (C(OH)–C–C–N with tert-alkyl or cyclic N) is 1. The molecule has 19 heavy (non-hydrogen) atoms. The van der Waals surface area contributed by atoms with Gasteiger partial charge in [0.25, 0.3) is 0 Å². The molecule has 1 fully saturated rings. The van der Waals surface area contributed by atoms with Gasteiger partial charge in [-0.15, -0.1) is 0 Å². The Kier molecular flexibility index (Phi) is 5.63. The minimum Gasteiger partial charge on any atom is -0.508 e. The number of aromatic hydroxyl groups is 1. The molecule has 1 aliphatic rings. The SMILES string of the molecule is Oc1ccc(Br)c(CNCC(O)CN2CCCC2)c1. The fourth-order valence-electron chi connectivity index (χ4n) is 2.40. The van der Waals surface area contributed by atoms with E-state index in [-0.39, 0.29) is 11.9 Å². The number of phenols is 1. The zero-order valence-electron chi connectivity index (χ0n) is 11.0. The molecule has 0 aromatic heterocycles. The molecule has 4 nitrogen and oxygen atoms in total. The summed E-state index contributed by atoms with van der Waals surface area (Å²) < 4.78 is 0.965. The van der Waals surface area contributed by atoms with E-state index in [9.17, 15) is 10.2 Å². The van der Waals surface area contributed by atoms with Crippen molar-refractivity contribution < 1.29 is 10.2 Å². The molecule has 1 aromatic rings. The first-order valence-corrected chi connectivity index (χ1v) is 7.53. The van der Waals surface area contributed by atoms with Crippen molar-refractivity contribution in [3.05, 3.63) is 28.2 Å². The van der Waals surface area contributed by atoms with Crippen molar-refractivity contribution in [2.75, 3.05) is 26.2 Å². The van der Waals surface area contributed by atoms with Crippen molar-refractivity contribution in [3.63, 3.8) is 0 Å². The topological polar surface area (TPSA) is 55.7 Å². The number of hydrogen-bond donors (Lipinski definition) is 3. The van der Waals surface area contributed by atoms with Gasteiger partial charge in [0.2, 0.25) is 0 Å². The summed E-state index contributed by atoms with van der Waals surface area (Å²) in [4.78, 5) is 2.30. The molecule has 0 radical (unpaired) electrons. The highest BCUT2D eigenvalue weighted by Crippen LogP contribution is 2.21. The van der Waals surface area contributed by atoms with E-state index in [0.29, 0.717) is 13.1 Å². The number of aliphatic hydroxyl groups excluding tert-OH is 1. The molecule has 2 rings (SSSR count). The Bertz CT molecular complexity index is 408. The minimum atomic E-state index is -0.339. The van der Waals surface area contributed by atoms with E-state index in [4.69, 9.17) is 0 Å². The minimum absolute atomic E-state index is 0.262. The lowest BCUT2D eigenvalue weighted by Gasteiger charge is -2.19. The van der Waals surface area contributed by atoms with Crippen LogP contribution in [0.1, 0.15) is 18.4 Å². The third-order valence-corrected chi connectivity index (χ3v) is 4.17. The average Bonchev–Trinajstić information content (AvgIpc) is 2.86. The monoisotopic (exact) mass is 328 g/mol. The van der Waals surface area contributed by atoms with Crippen LogP contribution in [0.4, 0.5) is 0 Å². The van der Waals surface area contributed by atoms with Crippen LogP contribution in [0.15, 0.2) is 22.7 Å². The Morgan fingerprint density at radius 3 is 2.79 bits per heavy atom. The number of rotatable bonds is 6. The van der Waals surface area contributed by atoms with Gasteiger partial charge in [-0.3, -0.25) is 0 Å². The van der Waals surface area contributed by atoms with Crippen LogP contribution in [0.25, 0.3) is 0 Å². The maximum absolute atomic E-state index is 9.95. The summed E-state index contributed by atoms with van der Waals surface area (Å²) in [5, 5.41) is 22.6. The molecule has 0 aliphatic carbocycles. The van der Waals surface area contributed by atoms with Gasteiger partial charge in [0.1, 0.15) is 5.75 Å². The largest absolute Gasteiger partial charge is 0.508 e. The van der Waals surface area contributed by atoms with Crippen LogP contribution < -0.4 is 5.32 Å². The zero-order valence-corrected chi connectivity index (χ0v) is 12.6. The van der Waals surface area contributed by atoms with Gasteiger partial charge in [0, 0.05) is 24.1 Å². The summed E-state index contributed by atoms with van der Waals surface area (Å²) in [6.45, 7) is 4.16. The highest BCUT2D eigenvalue weighted by Gasteiger charge is 2.15. The number of nitrogens with zero attached hydrogens (tertiary/aromatic N) is 1. The maximum atomic E-state index is 9.95. The van der Waals surface area contributed by atoms with Crippen LogP contribution in [0, 0.1) is 0 Å². The van der Waals surface area contributed by atoms with Gasteiger partial charge in [0.05, 0.1) is 6.10 Å². The second kappa shape index (κ2) is 7.24. The second-order valence-electron chi connectivity index (χ2n) is 5.07.